The minimum absolute atomic E-state index is 0.217. The summed E-state index contributed by atoms with van der Waals surface area (Å²) < 4.78 is 11.4. The lowest BCUT2D eigenvalue weighted by atomic mass is 9.61. The second-order valence-electron chi connectivity index (χ2n) is 9.52. The van der Waals surface area contributed by atoms with E-state index < -0.39 is 57.9 Å². The molecule has 8 unspecified atom stereocenters. The van der Waals surface area contributed by atoms with Crippen molar-refractivity contribution < 1.29 is 34.1 Å². The number of carboxylic acids is 1. The van der Waals surface area contributed by atoms with Crippen LogP contribution in [0.3, 0.4) is 0 Å². The topological polar surface area (TPSA) is 110 Å². The third-order valence-corrected chi connectivity index (χ3v) is 8.38. The fourth-order valence-electron chi connectivity index (χ4n) is 7.46. The average Bonchev–Trinajstić information content (AvgIpc) is 3.00. The van der Waals surface area contributed by atoms with Crippen LogP contribution in [0, 0.1) is 28.6 Å². The van der Waals surface area contributed by atoms with Crippen molar-refractivity contribution in [3.8, 4) is 0 Å². The van der Waals surface area contributed by atoms with E-state index >= 15 is 0 Å². The fraction of sp³-hybridized carbons (Fsp3) is 0.667. The van der Waals surface area contributed by atoms with Gasteiger partial charge in [-0.2, -0.15) is 0 Å². The van der Waals surface area contributed by atoms with Gasteiger partial charge in [0, 0.05) is 18.8 Å². The van der Waals surface area contributed by atoms with E-state index in [2.05, 4.69) is 6.58 Å². The summed E-state index contributed by atoms with van der Waals surface area (Å²) in [6, 6.07) is 0. The summed E-state index contributed by atoms with van der Waals surface area (Å²) in [5.41, 5.74) is -3.44. The quantitative estimate of drug-likeness (QED) is 0.546. The highest BCUT2D eigenvalue weighted by molar-refractivity contribution is 5.87. The zero-order chi connectivity index (χ0) is 20.3. The van der Waals surface area contributed by atoms with Gasteiger partial charge in [-0.15, -0.1) is 0 Å². The number of hydrogen-bond acceptors (Lipinski definition) is 6. The number of fused-ring (bicyclic) bond motifs is 1. The molecule has 0 aromatic rings. The summed E-state index contributed by atoms with van der Waals surface area (Å²) in [5, 5.41) is 21.3. The number of rotatable bonds is 2. The monoisotopic (exact) mass is 388 g/mol. The highest BCUT2D eigenvalue weighted by Gasteiger charge is 2.84. The Morgan fingerprint density at radius 1 is 1.39 bits per heavy atom. The van der Waals surface area contributed by atoms with E-state index in [1.165, 1.54) is 6.92 Å². The second kappa shape index (κ2) is 4.87. The van der Waals surface area contributed by atoms with Crippen LogP contribution in [0.1, 0.15) is 39.5 Å². The number of aliphatic hydroxyl groups is 1. The first-order valence-corrected chi connectivity index (χ1v) is 9.75. The zero-order valence-corrected chi connectivity index (χ0v) is 15.9. The average molecular weight is 388 g/mol. The zero-order valence-electron chi connectivity index (χ0n) is 15.9. The molecular weight excluding hydrogens is 364 g/mol. The van der Waals surface area contributed by atoms with Crippen molar-refractivity contribution in [2.45, 2.75) is 56.8 Å². The van der Waals surface area contributed by atoms with Gasteiger partial charge in [0.15, 0.2) is 0 Å². The molecule has 1 aliphatic heterocycles. The number of hydrogen-bond donors (Lipinski definition) is 2. The summed E-state index contributed by atoms with van der Waals surface area (Å²) in [6.45, 7) is 6.96. The number of aliphatic carboxylic acids is 1. The van der Waals surface area contributed by atoms with Gasteiger partial charge in [-0.25, -0.2) is 0 Å². The number of carbonyl (C=O) groups excluding carboxylic acids is 2. The van der Waals surface area contributed by atoms with Gasteiger partial charge in [0.1, 0.15) is 17.1 Å². The van der Waals surface area contributed by atoms with Crippen LogP contribution in [0.2, 0.25) is 0 Å². The van der Waals surface area contributed by atoms with Crippen molar-refractivity contribution in [2.75, 3.05) is 0 Å². The lowest BCUT2D eigenvalue weighted by Gasteiger charge is -2.44. The van der Waals surface area contributed by atoms with Crippen LogP contribution in [-0.2, 0) is 23.9 Å². The molecule has 3 saturated carbocycles. The fourth-order valence-corrected chi connectivity index (χ4v) is 7.46. The van der Waals surface area contributed by atoms with Crippen molar-refractivity contribution in [1.29, 1.82) is 0 Å². The summed E-state index contributed by atoms with van der Waals surface area (Å²) in [5.74, 6) is -3.84. The molecule has 28 heavy (non-hydrogen) atoms. The van der Waals surface area contributed by atoms with Gasteiger partial charge >= 0.3 is 17.9 Å². The first-order chi connectivity index (χ1) is 13.0. The van der Waals surface area contributed by atoms with Crippen molar-refractivity contribution in [3.05, 3.63) is 24.3 Å². The molecule has 2 N–H and O–H groups in total. The Balaban J connectivity index is 1.73. The number of carbonyl (C=O) groups is 3. The third kappa shape index (κ3) is 1.69. The second-order valence-corrected chi connectivity index (χ2v) is 9.52. The predicted molar refractivity (Wildman–Crippen MR) is 94.7 cm³/mol. The molecule has 0 aromatic carbocycles. The SMILES string of the molecule is C=C1CC23CC1(O)CCC2C12C=CC(OC(C)=O)C(C)(C(=O)O1)C2C3C(=O)O. The molecule has 150 valence electrons. The molecule has 4 fully saturated rings. The Morgan fingerprint density at radius 2 is 2.11 bits per heavy atom. The molecule has 7 nitrogen and oxygen atoms in total. The molecule has 7 heteroatoms. The minimum atomic E-state index is -1.28. The first-order valence-electron chi connectivity index (χ1n) is 9.75. The summed E-state index contributed by atoms with van der Waals surface area (Å²) in [7, 11) is 0. The molecule has 8 atom stereocenters. The lowest BCUT2D eigenvalue weighted by molar-refractivity contribution is -0.167. The normalized spacial score (nSPS) is 52.8. The van der Waals surface area contributed by atoms with E-state index in [0.29, 0.717) is 31.3 Å². The van der Waals surface area contributed by atoms with Gasteiger partial charge in [-0.05, 0) is 55.7 Å². The smallest absolute Gasteiger partial charge is 0.317 e. The van der Waals surface area contributed by atoms with Crippen LogP contribution < -0.4 is 0 Å². The molecule has 5 aliphatic rings. The van der Waals surface area contributed by atoms with Crippen LogP contribution in [0.15, 0.2) is 24.3 Å². The number of ether oxygens (including phenoxy) is 2. The van der Waals surface area contributed by atoms with E-state index in [9.17, 15) is 24.6 Å². The van der Waals surface area contributed by atoms with Crippen LogP contribution in [0.5, 0.6) is 0 Å². The predicted octanol–water partition coefficient (Wildman–Crippen LogP) is 1.60. The molecule has 0 amide bonds. The first kappa shape index (κ1) is 17.9. The van der Waals surface area contributed by atoms with E-state index in [0.717, 1.165) is 0 Å². The number of carboxylic acid groups (broad SMARTS) is 1. The van der Waals surface area contributed by atoms with Crippen LogP contribution >= 0.6 is 0 Å². The van der Waals surface area contributed by atoms with Crippen molar-refractivity contribution >= 4 is 17.9 Å². The molecular formula is C21H24O7. The maximum atomic E-state index is 13.0. The van der Waals surface area contributed by atoms with Gasteiger partial charge in [-0.3, -0.25) is 14.4 Å². The van der Waals surface area contributed by atoms with Crippen LogP contribution in [0.25, 0.3) is 0 Å². The molecule has 0 aromatic heterocycles. The van der Waals surface area contributed by atoms with Gasteiger partial charge < -0.3 is 19.7 Å². The van der Waals surface area contributed by atoms with Gasteiger partial charge in [-0.1, -0.05) is 6.58 Å². The van der Waals surface area contributed by atoms with Gasteiger partial charge in [0.2, 0.25) is 0 Å². The standard InChI is InChI=1S/C21H24O7/c1-10-8-19-9-20(10,26)6-4-12(19)21-7-5-13(27-11(2)22)18(3,17(25)28-21)15(21)14(19)16(23)24/h5,7,12-15,26H,1,4,6,8-9H2,2-3H3,(H,23,24). The maximum Gasteiger partial charge on any atom is 0.317 e. The van der Waals surface area contributed by atoms with E-state index in [1.54, 1.807) is 19.1 Å². The number of esters is 2. The highest BCUT2D eigenvalue weighted by Crippen LogP contribution is 2.77. The molecule has 4 aliphatic carbocycles. The summed E-state index contributed by atoms with van der Waals surface area (Å²) >= 11 is 0. The minimum Gasteiger partial charge on any atom is -0.481 e. The van der Waals surface area contributed by atoms with Crippen LogP contribution in [-0.4, -0.2) is 45.4 Å². The molecule has 1 heterocycles. The van der Waals surface area contributed by atoms with E-state index in [-0.39, 0.29) is 5.92 Å². The molecule has 4 bridgehead atoms. The largest absolute Gasteiger partial charge is 0.481 e. The lowest BCUT2D eigenvalue weighted by Crippen LogP contribution is -2.52. The van der Waals surface area contributed by atoms with Crippen molar-refractivity contribution in [1.82, 2.24) is 0 Å². The Bertz CT molecular complexity index is 876. The maximum absolute atomic E-state index is 13.0. The Morgan fingerprint density at radius 3 is 2.75 bits per heavy atom. The Kier molecular flexibility index (Phi) is 3.12. The summed E-state index contributed by atoms with van der Waals surface area (Å²) in [6.07, 6.45) is 4.34. The van der Waals surface area contributed by atoms with E-state index in [1.807, 2.05) is 0 Å². The molecule has 0 radical (unpaired) electrons. The molecule has 5 rings (SSSR count). The molecule has 1 spiro atoms. The van der Waals surface area contributed by atoms with Gasteiger partial charge in [0.05, 0.1) is 11.5 Å². The summed E-state index contributed by atoms with van der Waals surface area (Å²) in [4.78, 5) is 37.3. The van der Waals surface area contributed by atoms with E-state index in [4.69, 9.17) is 9.47 Å². The van der Waals surface area contributed by atoms with Crippen molar-refractivity contribution in [3.63, 3.8) is 0 Å². The van der Waals surface area contributed by atoms with Crippen molar-refractivity contribution in [2.24, 2.45) is 28.6 Å². The highest BCUT2D eigenvalue weighted by atomic mass is 16.6. The van der Waals surface area contributed by atoms with Crippen LogP contribution in [0.4, 0.5) is 0 Å². The van der Waals surface area contributed by atoms with Gasteiger partial charge in [0.25, 0.3) is 0 Å². The Hall–Kier alpha value is -2.15. The third-order valence-electron chi connectivity index (χ3n) is 8.38. The Labute approximate surface area is 162 Å². The molecule has 1 saturated heterocycles.